The van der Waals surface area contributed by atoms with Crippen LogP contribution in [0.5, 0.6) is 0 Å². The van der Waals surface area contributed by atoms with Crippen molar-refractivity contribution in [3.63, 3.8) is 0 Å². The van der Waals surface area contributed by atoms with Gasteiger partial charge in [0.05, 0.1) is 4.88 Å². The van der Waals surface area contributed by atoms with E-state index in [1.54, 1.807) is 11.3 Å². The summed E-state index contributed by atoms with van der Waals surface area (Å²) >= 11 is 1.59. The van der Waals surface area contributed by atoms with Crippen molar-refractivity contribution in [2.75, 3.05) is 0 Å². The van der Waals surface area contributed by atoms with Crippen LogP contribution in [0.25, 0.3) is 10.1 Å². The number of rotatable bonds is 2. The third-order valence-electron chi connectivity index (χ3n) is 2.96. The number of nitrogens with one attached hydrogen (secondary N) is 1. The van der Waals surface area contributed by atoms with Crippen molar-refractivity contribution in [2.45, 2.75) is 25.8 Å². The molecule has 1 heterocycles. The lowest BCUT2D eigenvalue weighted by Gasteiger charge is -2.01. The van der Waals surface area contributed by atoms with E-state index < -0.39 is 0 Å². The summed E-state index contributed by atoms with van der Waals surface area (Å²) < 4.78 is 1.20. The Morgan fingerprint density at radius 3 is 2.81 bits per heavy atom. The van der Waals surface area contributed by atoms with Gasteiger partial charge in [-0.25, -0.2) is 0 Å². The fourth-order valence-electron chi connectivity index (χ4n) is 1.87. The molecule has 2 nitrogen and oxygen atoms in total. The monoisotopic (exact) mass is 231 g/mol. The molecule has 0 aliphatic heterocycles. The summed E-state index contributed by atoms with van der Waals surface area (Å²) in [6.07, 6.45) is 2.27. The van der Waals surface area contributed by atoms with E-state index >= 15 is 0 Å². The smallest absolute Gasteiger partial charge is 0.261 e. The lowest BCUT2D eigenvalue weighted by atomic mass is 10.1. The zero-order valence-electron chi connectivity index (χ0n) is 9.12. The summed E-state index contributed by atoms with van der Waals surface area (Å²) in [5.41, 5.74) is 1.11. The minimum Gasteiger partial charge on any atom is -0.349 e. The maximum Gasteiger partial charge on any atom is 0.261 e. The Labute approximate surface area is 98.3 Å². The number of fused-ring (bicyclic) bond motifs is 1. The molecule has 1 amide bonds. The molecule has 3 heteroatoms. The summed E-state index contributed by atoms with van der Waals surface area (Å²) in [7, 11) is 0. The molecule has 0 atom stereocenters. The predicted octanol–water partition coefficient (Wildman–Crippen LogP) is 3.10. The van der Waals surface area contributed by atoms with Crippen molar-refractivity contribution >= 4 is 27.3 Å². The van der Waals surface area contributed by atoms with Gasteiger partial charge in [-0.1, -0.05) is 18.2 Å². The molecule has 3 rings (SSSR count). The van der Waals surface area contributed by atoms with E-state index in [0.29, 0.717) is 6.04 Å². The van der Waals surface area contributed by atoms with Gasteiger partial charge in [0.25, 0.3) is 5.91 Å². The standard InChI is InChI=1S/C13H13NOS/c1-8-10-4-2-3-5-11(10)16-12(8)13(15)14-9-6-7-9/h2-5,9H,6-7H2,1H3,(H,14,15). The Bertz CT molecular complexity index is 554. The number of hydrogen-bond donors (Lipinski definition) is 1. The van der Waals surface area contributed by atoms with Crippen LogP contribution in [0.1, 0.15) is 28.1 Å². The Kier molecular flexibility index (Phi) is 2.21. The van der Waals surface area contributed by atoms with Crippen LogP contribution in [0.4, 0.5) is 0 Å². The third-order valence-corrected chi connectivity index (χ3v) is 4.23. The summed E-state index contributed by atoms with van der Waals surface area (Å²) in [6, 6.07) is 8.61. The second-order valence-electron chi connectivity index (χ2n) is 4.30. The zero-order chi connectivity index (χ0) is 11.1. The van der Waals surface area contributed by atoms with Crippen molar-refractivity contribution < 1.29 is 4.79 Å². The number of amides is 1. The van der Waals surface area contributed by atoms with Gasteiger partial charge in [0.2, 0.25) is 0 Å². The average Bonchev–Trinajstić information content (AvgIpc) is 3.03. The van der Waals surface area contributed by atoms with Gasteiger partial charge in [0.15, 0.2) is 0 Å². The second kappa shape index (κ2) is 3.59. The minimum absolute atomic E-state index is 0.0983. The molecule has 1 saturated carbocycles. The molecular weight excluding hydrogens is 218 g/mol. The molecule has 82 valence electrons. The second-order valence-corrected chi connectivity index (χ2v) is 5.35. The molecular formula is C13H13NOS. The van der Waals surface area contributed by atoms with Crippen LogP contribution in [0.15, 0.2) is 24.3 Å². The van der Waals surface area contributed by atoms with Crippen molar-refractivity contribution in [1.82, 2.24) is 5.32 Å². The Morgan fingerprint density at radius 2 is 2.12 bits per heavy atom. The first kappa shape index (κ1) is 9.85. The molecule has 0 spiro atoms. The van der Waals surface area contributed by atoms with E-state index in [-0.39, 0.29) is 5.91 Å². The van der Waals surface area contributed by atoms with Gasteiger partial charge in [-0.15, -0.1) is 11.3 Å². The predicted molar refractivity (Wildman–Crippen MR) is 67.1 cm³/mol. The van der Waals surface area contributed by atoms with Crippen molar-refractivity contribution in [3.8, 4) is 0 Å². The highest BCUT2D eigenvalue weighted by Crippen LogP contribution is 2.31. The number of benzene rings is 1. The number of carbonyl (C=O) groups is 1. The molecule has 1 aliphatic rings. The van der Waals surface area contributed by atoms with E-state index in [0.717, 1.165) is 23.3 Å². The molecule has 1 aromatic heterocycles. The Hall–Kier alpha value is -1.35. The third kappa shape index (κ3) is 1.61. The fraction of sp³-hybridized carbons (Fsp3) is 0.308. The molecule has 1 aliphatic carbocycles. The molecule has 0 radical (unpaired) electrons. The Balaban J connectivity index is 2.02. The van der Waals surface area contributed by atoms with Crippen LogP contribution in [0.3, 0.4) is 0 Å². The number of aryl methyl sites for hydroxylation is 1. The topological polar surface area (TPSA) is 29.1 Å². The van der Waals surface area contributed by atoms with Gasteiger partial charge < -0.3 is 5.32 Å². The molecule has 0 bridgehead atoms. The number of thiophene rings is 1. The van der Waals surface area contributed by atoms with Gasteiger partial charge >= 0.3 is 0 Å². The molecule has 1 N–H and O–H groups in total. The molecule has 2 aromatic rings. The van der Waals surface area contributed by atoms with Crippen LogP contribution in [-0.4, -0.2) is 11.9 Å². The highest BCUT2D eigenvalue weighted by Gasteiger charge is 2.25. The van der Waals surface area contributed by atoms with Gasteiger partial charge in [-0.2, -0.15) is 0 Å². The van der Waals surface area contributed by atoms with Gasteiger partial charge in [-0.3, -0.25) is 4.79 Å². The van der Waals surface area contributed by atoms with Crippen molar-refractivity contribution in [2.24, 2.45) is 0 Å². The van der Waals surface area contributed by atoms with Gasteiger partial charge in [0.1, 0.15) is 0 Å². The number of carbonyl (C=O) groups excluding carboxylic acids is 1. The molecule has 1 aromatic carbocycles. The Morgan fingerprint density at radius 1 is 1.38 bits per heavy atom. The summed E-state index contributed by atoms with van der Waals surface area (Å²) in [5, 5.41) is 4.25. The minimum atomic E-state index is 0.0983. The maximum absolute atomic E-state index is 12.0. The molecule has 16 heavy (non-hydrogen) atoms. The van der Waals surface area contributed by atoms with Crippen LogP contribution in [0.2, 0.25) is 0 Å². The van der Waals surface area contributed by atoms with Crippen LogP contribution >= 0.6 is 11.3 Å². The van der Waals surface area contributed by atoms with E-state index in [4.69, 9.17) is 0 Å². The largest absolute Gasteiger partial charge is 0.349 e. The van der Waals surface area contributed by atoms with Crippen LogP contribution < -0.4 is 5.32 Å². The summed E-state index contributed by atoms with van der Waals surface area (Å²) in [5.74, 6) is 0.0983. The van der Waals surface area contributed by atoms with E-state index in [1.165, 1.54) is 10.1 Å². The fourth-order valence-corrected chi connectivity index (χ4v) is 2.98. The SMILES string of the molecule is Cc1c(C(=O)NC2CC2)sc2ccccc12. The van der Waals surface area contributed by atoms with E-state index in [9.17, 15) is 4.79 Å². The first-order valence-electron chi connectivity index (χ1n) is 5.54. The van der Waals surface area contributed by atoms with E-state index in [1.807, 2.05) is 19.1 Å². The van der Waals surface area contributed by atoms with Crippen molar-refractivity contribution in [1.29, 1.82) is 0 Å². The first-order chi connectivity index (χ1) is 7.75. The maximum atomic E-state index is 12.0. The zero-order valence-corrected chi connectivity index (χ0v) is 9.93. The number of hydrogen-bond acceptors (Lipinski definition) is 2. The summed E-state index contributed by atoms with van der Waals surface area (Å²) in [6.45, 7) is 2.03. The average molecular weight is 231 g/mol. The highest BCUT2D eigenvalue weighted by molar-refractivity contribution is 7.21. The lowest BCUT2D eigenvalue weighted by Crippen LogP contribution is -2.24. The van der Waals surface area contributed by atoms with Gasteiger partial charge in [-0.05, 0) is 36.8 Å². The van der Waals surface area contributed by atoms with Crippen molar-refractivity contribution in [3.05, 3.63) is 34.7 Å². The van der Waals surface area contributed by atoms with E-state index in [2.05, 4.69) is 17.4 Å². The van der Waals surface area contributed by atoms with Crippen LogP contribution in [-0.2, 0) is 0 Å². The summed E-state index contributed by atoms with van der Waals surface area (Å²) in [4.78, 5) is 12.9. The van der Waals surface area contributed by atoms with Gasteiger partial charge in [0, 0.05) is 10.7 Å². The molecule has 1 fully saturated rings. The highest BCUT2D eigenvalue weighted by atomic mass is 32.1. The lowest BCUT2D eigenvalue weighted by molar-refractivity contribution is 0.0954. The quantitative estimate of drug-likeness (QED) is 0.845. The molecule has 0 saturated heterocycles. The van der Waals surface area contributed by atoms with Crippen LogP contribution in [0, 0.1) is 6.92 Å². The first-order valence-corrected chi connectivity index (χ1v) is 6.36. The molecule has 0 unspecified atom stereocenters. The normalized spacial score (nSPS) is 15.3.